The summed E-state index contributed by atoms with van der Waals surface area (Å²) in [5, 5.41) is 2.94. The number of hydrogen-bond acceptors (Lipinski definition) is 4. The summed E-state index contributed by atoms with van der Waals surface area (Å²) >= 11 is 5.82. The molecule has 0 aliphatic rings. The van der Waals surface area contributed by atoms with Crippen LogP contribution in [0.25, 0.3) is 0 Å². The molecule has 1 N–H and O–H groups in total. The zero-order chi connectivity index (χ0) is 17.7. The number of rotatable bonds is 6. The molecule has 0 aliphatic heterocycles. The SMILES string of the molecule is COc1cccc(NC(=O)CN(C)S(=O)(=O)c2cccc(Cl)c2)c1. The number of halogens is 1. The van der Waals surface area contributed by atoms with Crippen molar-refractivity contribution in [3.63, 3.8) is 0 Å². The highest BCUT2D eigenvalue weighted by molar-refractivity contribution is 7.89. The molecule has 2 aromatic carbocycles. The summed E-state index contributed by atoms with van der Waals surface area (Å²) < 4.78 is 30.9. The van der Waals surface area contributed by atoms with Gasteiger partial charge in [-0.2, -0.15) is 4.31 Å². The van der Waals surface area contributed by atoms with Gasteiger partial charge in [0.25, 0.3) is 0 Å². The van der Waals surface area contributed by atoms with Gasteiger partial charge in [-0.05, 0) is 30.3 Å². The Labute approximate surface area is 146 Å². The van der Waals surface area contributed by atoms with Gasteiger partial charge in [-0.3, -0.25) is 4.79 Å². The van der Waals surface area contributed by atoms with E-state index in [0.29, 0.717) is 16.5 Å². The number of carbonyl (C=O) groups is 1. The zero-order valence-electron chi connectivity index (χ0n) is 13.2. The smallest absolute Gasteiger partial charge is 0.243 e. The number of likely N-dealkylation sites (N-methyl/N-ethyl adjacent to an activating group) is 1. The first-order chi connectivity index (χ1) is 11.3. The van der Waals surface area contributed by atoms with Crippen LogP contribution in [0, 0.1) is 0 Å². The second-order valence-electron chi connectivity index (χ2n) is 5.00. The molecular formula is C16H17ClN2O4S. The van der Waals surface area contributed by atoms with Crippen molar-refractivity contribution in [2.75, 3.05) is 26.0 Å². The average molecular weight is 369 g/mol. The van der Waals surface area contributed by atoms with Crippen molar-refractivity contribution in [1.29, 1.82) is 0 Å². The highest BCUT2D eigenvalue weighted by Crippen LogP contribution is 2.19. The summed E-state index contributed by atoms with van der Waals surface area (Å²) in [6.45, 7) is -0.327. The highest BCUT2D eigenvalue weighted by Gasteiger charge is 2.23. The van der Waals surface area contributed by atoms with Crippen LogP contribution >= 0.6 is 11.6 Å². The van der Waals surface area contributed by atoms with E-state index in [2.05, 4.69) is 5.32 Å². The molecule has 0 aromatic heterocycles. The molecule has 2 aromatic rings. The van der Waals surface area contributed by atoms with E-state index in [1.165, 1.54) is 26.3 Å². The van der Waals surface area contributed by atoms with E-state index in [-0.39, 0.29) is 11.4 Å². The maximum atomic E-state index is 12.4. The van der Waals surface area contributed by atoms with Crippen molar-refractivity contribution >= 4 is 33.2 Å². The van der Waals surface area contributed by atoms with E-state index in [1.54, 1.807) is 36.4 Å². The van der Waals surface area contributed by atoms with Gasteiger partial charge in [0.15, 0.2) is 0 Å². The molecule has 0 spiro atoms. The molecule has 6 nitrogen and oxygen atoms in total. The van der Waals surface area contributed by atoms with Crippen LogP contribution in [0.15, 0.2) is 53.4 Å². The van der Waals surface area contributed by atoms with Crippen LogP contribution in [0.2, 0.25) is 5.02 Å². The lowest BCUT2D eigenvalue weighted by Crippen LogP contribution is -2.34. The molecule has 0 aliphatic carbocycles. The van der Waals surface area contributed by atoms with E-state index in [4.69, 9.17) is 16.3 Å². The van der Waals surface area contributed by atoms with Gasteiger partial charge in [0.2, 0.25) is 15.9 Å². The number of anilines is 1. The fourth-order valence-corrected chi connectivity index (χ4v) is 3.42. The van der Waals surface area contributed by atoms with Crippen molar-refractivity contribution < 1.29 is 17.9 Å². The molecular weight excluding hydrogens is 352 g/mol. The van der Waals surface area contributed by atoms with Crippen LogP contribution in [0.3, 0.4) is 0 Å². The molecule has 0 fully saturated rings. The predicted octanol–water partition coefficient (Wildman–Crippen LogP) is 2.61. The normalized spacial score (nSPS) is 11.3. The molecule has 0 bridgehead atoms. The minimum Gasteiger partial charge on any atom is -0.497 e. The standard InChI is InChI=1S/C16H17ClN2O4S/c1-19(24(21,22)15-8-3-5-12(17)9-15)11-16(20)18-13-6-4-7-14(10-13)23-2/h3-10H,11H2,1-2H3,(H,18,20). The summed E-state index contributed by atoms with van der Waals surface area (Å²) in [6.07, 6.45) is 0. The van der Waals surface area contributed by atoms with E-state index < -0.39 is 15.9 Å². The molecule has 24 heavy (non-hydrogen) atoms. The molecule has 0 saturated carbocycles. The van der Waals surface area contributed by atoms with Gasteiger partial charge < -0.3 is 10.1 Å². The van der Waals surface area contributed by atoms with Crippen LogP contribution < -0.4 is 10.1 Å². The Morgan fingerprint density at radius 2 is 1.92 bits per heavy atom. The second kappa shape index (κ2) is 7.65. The first-order valence-corrected chi connectivity index (χ1v) is 8.80. The van der Waals surface area contributed by atoms with Crippen LogP contribution in [0.1, 0.15) is 0 Å². The third-order valence-corrected chi connectivity index (χ3v) is 5.26. The predicted molar refractivity (Wildman–Crippen MR) is 92.9 cm³/mol. The van der Waals surface area contributed by atoms with Gasteiger partial charge in [-0.25, -0.2) is 8.42 Å². The third-order valence-electron chi connectivity index (χ3n) is 3.22. The number of nitrogens with zero attached hydrogens (tertiary/aromatic N) is 1. The largest absolute Gasteiger partial charge is 0.497 e. The van der Waals surface area contributed by atoms with Crippen LogP contribution in [0.4, 0.5) is 5.69 Å². The molecule has 1 amide bonds. The molecule has 0 saturated heterocycles. The minimum atomic E-state index is -3.80. The summed E-state index contributed by atoms with van der Waals surface area (Å²) in [5.41, 5.74) is 0.521. The van der Waals surface area contributed by atoms with Crippen molar-refractivity contribution in [1.82, 2.24) is 4.31 Å². The van der Waals surface area contributed by atoms with E-state index in [0.717, 1.165) is 4.31 Å². The average Bonchev–Trinajstić information content (AvgIpc) is 2.54. The number of methoxy groups -OCH3 is 1. The summed E-state index contributed by atoms with van der Waals surface area (Å²) in [7, 11) is -0.943. The zero-order valence-corrected chi connectivity index (χ0v) is 14.8. The number of ether oxygens (including phenoxy) is 1. The Morgan fingerprint density at radius 3 is 2.58 bits per heavy atom. The summed E-state index contributed by atoms with van der Waals surface area (Å²) in [4.78, 5) is 12.1. The highest BCUT2D eigenvalue weighted by atomic mass is 35.5. The van der Waals surface area contributed by atoms with Gasteiger partial charge >= 0.3 is 0 Å². The van der Waals surface area contributed by atoms with Gasteiger partial charge in [0.1, 0.15) is 5.75 Å². The summed E-state index contributed by atoms with van der Waals surface area (Å²) in [6, 6.07) is 12.7. The first kappa shape index (κ1) is 18.3. The minimum absolute atomic E-state index is 0.0340. The van der Waals surface area contributed by atoms with Crippen molar-refractivity contribution in [3.05, 3.63) is 53.6 Å². The Bertz CT molecular complexity index is 839. The number of benzene rings is 2. The Morgan fingerprint density at radius 1 is 1.21 bits per heavy atom. The van der Waals surface area contributed by atoms with Crippen molar-refractivity contribution in [2.24, 2.45) is 0 Å². The topological polar surface area (TPSA) is 75.7 Å². The fourth-order valence-electron chi connectivity index (χ4n) is 2.00. The van der Waals surface area contributed by atoms with Crippen LogP contribution in [-0.4, -0.2) is 39.3 Å². The Kier molecular flexibility index (Phi) is 5.82. The quantitative estimate of drug-likeness (QED) is 0.850. The third kappa shape index (κ3) is 4.47. The fraction of sp³-hybridized carbons (Fsp3) is 0.188. The molecule has 0 heterocycles. The second-order valence-corrected chi connectivity index (χ2v) is 7.48. The van der Waals surface area contributed by atoms with Gasteiger partial charge in [-0.15, -0.1) is 0 Å². The molecule has 0 radical (unpaired) electrons. The molecule has 2 rings (SSSR count). The summed E-state index contributed by atoms with van der Waals surface area (Å²) in [5.74, 6) is 0.129. The lowest BCUT2D eigenvalue weighted by atomic mass is 10.3. The molecule has 0 unspecified atom stereocenters. The van der Waals surface area contributed by atoms with Crippen LogP contribution in [0.5, 0.6) is 5.75 Å². The molecule has 128 valence electrons. The first-order valence-electron chi connectivity index (χ1n) is 6.99. The van der Waals surface area contributed by atoms with Gasteiger partial charge in [0.05, 0.1) is 18.6 Å². The van der Waals surface area contributed by atoms with Crippen molar-refractivity contribution in [2.45, 2.75) is 4.90 Å². The lowest BCUT2D eigenvalue weighted by Gasteiger charge is -2.17. The number of hydrogen-bond donors (Lipinski definition) is 1. The Hall–Kier alpha value is -2.09. The maximum Gasteiger partial charge on any atom is 0.243 e. The van der Waals surface area contributed by atoms with Gasteiger partial charge in [0, 0.05) is 23.8 Å². The van der Waals surface area contributed by atoms with E-state index in [9.17, 15) is 13.2 Å². The van der Waals surface area contributed by atoms with Crippen LogP contribution in [-0.2, 0) is 14.8 Å². The molecule has 0 atom stereocenters. The Balaban J connectivity index is 2.07. The number of nitrogens with one attached hydrogen (secondary N) is 1. The monoisotopic (exact) mass is 368 g/mol. The number of carbonyl (C=O) groups excluding carboxylic acids is 1. The number of amides is 1. The van der Waals surface area contributed by atoms with Crippen molar-refractivity contribution in [3.8, 4) is 5.75 Å². The molecule has 8 heteroatoms. The van der Waals surface area contributed by atoms with E-state index >= 15 is 0 Å². The van der Waals surface area contributed by atoms with E-state index in [1.807, 2.05) is 0 Å². The van der Waals surface area contributed by atoms with Gasteiger partial charge in [-0.1, -0.05) is 23.7 Å². The number of sulfonamides is 1. The lowest BCUT2D eigenvalue weighted by molar-refractivity contribution is -0.116. The maximum absolute atomic E-state index is 12.4.